The standard InChI is InChI=1S/C27H25ClN2O3/c1-2-20(21-13-15-22(28)16-14-21)18-25(31)30-24(17-19-9-5-3-6-10-19)26(32)29(27(30)33)23-11-7-4-8-12-23/h3-16,20,24H,2,17-18H2,1H3/t20-,24-/m0/s1. The summed E-state index contributed by atoms with van der Waals surface area (Å²) >= 11 is 6.01. The number of carbonyl (C=O) groups excluding carboxylic acids is 3. The minimum absolute atomic E-state index is 0.0826. The molecule has 0 saturated carbocycles. The van der Waals surface area contributed by atoms with Gasteiger partial charge in [0, 0.05) is 17.9 Å². The zero-order valence-corrected chi connectivity index (χ0v) is 19.1. The predicted molar refractivity (Wildman–Crippen MR) is 129 cm³/mol. The largest absolute Gasteiger partial charge is 0.338 e. The molecule has 1 aliphatic rings. The third-order valence-electron chi connectivity index (χ3n) is 6.02. The molecule has 0 aliphatic carbocycles. The highest BCUT2D eigenvalue weighted by atomic mass is 35.5. The predicted octanol–water partition coefficient (Wildman–Crippen LogP) is 5.83. The Morgan fingerprint density at radius 2 is 1.52 bits per heavy atom. The van der Waals surface area contributed by atoms with E-state index in [4.69, 9.17) is 11.6 Å². The third kappa shape index (κ3) is 4.83. The van der Waals surface area contributed by atoms with Crippen LogP contribution in [0.3, 0.4) is 0 Å². The molecule has 33 heavy (non-hydrogen) atoms. The number of hydrogen-bond acceptors (Lipinski definition) is 3. The van der Waals surface area contributed by atoms with Crippen LogP contribution in [0.15, 0.2) is 84.9 Å². The first-order valence-electron chi connectivity index (χ1n) is 11.0. The van der Waals surface area contributed by atoms with Gasteiger partial charge in [0.05, 0.1) is 5.69 Å². The molecule has 0 unspecified atom stereocenters. The van der Waals surface area contributed by atoms with Gasteiger partial charge in [-0.2, -0.15) is 0 Å². The van der Waals surface area contributed by atoms with Crippen LogP contribution < -0.4 is 4.90 Å². The minimum atomic E-state index is -0.879. The smallest absolute Gasteiger partial charge is 0.274 e. The van der Waals surface area contributed by atoms with Crippen molar-refractivity contribution in [1.82, 2.24) is 4.90 Å². The van der Waals surface area contributed by atoms with E-state index in [2.05, 4.69) is 0 Å². The lowest BCUT2D eigenvalue weighted by molar-refractivity contribution is -0.133. The van der Waals surface area contributed by atoms with Gasteiger partial charge in [-0.05, 0) is 47.7 Å². The highest BCUT2D eigenvalue weighted by Gasteiger charge is 2.48. The molecule has 0 N–H and O–H groups in total. The van der Waals surface area contributed by atoms with E-state index in [0.29, 0.717) is 10.7 Å². The fraction of sp³-hybridized carbons (Fsp3) is 0.222. The molecule has 1 saturated heterocycles. The normalized spacial score (nSPS) is 16.8. The molecule has 1 heterocycles. The van der Waals surface area contributed by atoms with Gasteiger partial charge < -0.3 is 0 Å². The Balaban J connectivity index is 1.64. The van der Waals surface area contributed by atoms with E-state index in [1.54, 1.807) is 36.4 Å². The van der Waals surface area contributed by atoms with Crippen LogP contribution in [-0.4, -0.2) is 28.8 Å². The van der Waals surface area contributed by atoms with Gasteiger partial charge in [-0.15, -0.1) is 0 Å². The third-order valence-corrected chi connectivity index (χ3v) is 6.28. The molecule has 168 valence electrons. The molecule has 0 spiro atoms. The molecule has 4 amide bonds. The Bertz CT molecular complexity index is 1130. The number of carbonyl (C=O) groups is 3. The van der Waals surface area contributed by atoms with Gasteiger partial charge in [0.1, 0.15) is 6.04 Å². The number of rotatable bonds is 7. The van der Waals surface area contributed by atoms with Crippen molar-refractivity contribution in [3.63, 3.8) is 0 Å². The second kappa shape index (κ2) is 10.0. The average molecular weight is 461 g/mol. The van der Waals surface area contributed by atoms with Gasteiger partial charge in [0.25, 0.3) is 5.91 Å². The van der Waals surface area contributed by atoms with Crippen molar-refractivity contribution in [1.29, 1.82) is 0 Å². The van der Waals surface area contributed by atoms with E-state index in [9.17, 15) is 14.4 Å². The van der Waals surface area contributed by atoms with Crippen molar-refractivity contribution in [3.05, 3.63) is 101 Å². The maximum atomic E-state index is 13.5. The van der Waals surface area contributed by atoms with Crippen molar-refractivity contribution in [2.45, 2.75) is 38.1 Å². The van der Waals surface area contributed by atoms with Crippen LogP contribution in [-0.2, 0) is 16.0 Å². The van der Waals surface area contributed by atoms with Gasteiger partial charge in [0.15, 0.2) is 0 Å². The lowest BCUT2D eigenvalue weighted by atomic mass is 9.92. The molecule has 5 nitrogen and oxygen atoms in total. The second-order valence-corrected chi connectivity index (χ2v) is 8.56. The number of urea groups is 1. The Morgan fingerprint density at radius 3 is 2.12 bits per heavy atom. The molecule has 0 bridgehead atoms. The minimum Gasteiger partial charge on any atom is -0.274 e. The van der Waals surface area contributed by atoms with E-state index in [1.807, 2.05) is 55.5 Å². The molecular weight excluding hydrogens is 436 g/mol. The molecule has 3 aromatic carbocycles. The Morgan fingerprint density at radius 1 is 0.909 bits per heavy atom. The lowest BCUT2D eigenvalue weighted by Gasteiger charge is -2.23. The quantitative estimate of drug-likeness (QED) is 0.417. The number of halogens is 1. The summed E-state index contributed by atoms with van der Waals surface area (Å²) in [5, 5.41) is 0.627. The Hall–Kier alpha value is -3.44. The van der Waals surface area contributed by atoms with Gasteiger partial charge in [0.2, 0.25) is 5.91 Å². The Kier molecular flexibility index (Phi) is 6.90. The van der Waals surface area contributed by atoms with Crippen LogP contribution in [0.5, 0.6) is 0 Å². The van der Waals surface area contributed by atoms with Crippen LogP contribution in [0.25, 0.3) is 0 Å². The summed E-state index contributed by atoms with van der Waals surface area (Å²) in [5.74, 6) is -0.821. The average Bonchev–Trinajstić information content (AvgIpc) is 3.08. The monoisotopic (exact) mass is 460 g/mol. The Labute approximate surface area is 198 Å². The van der Waals surface area contributed by atoms with Gasteiger partial charge in [-0.3, -0.25) is 14.5 Å². The SMILES string of the molecule is CC[C@@H](CC(=O)N1C(=O)N(c2ccccc2)C(=O)[C@@H]1Cc1ccccc1)c1ccc(Cl)cc1. The van der Waals surface area contributed by atoms with Crippen LogP contribution >= 0.6 is 11.6 Å². The van der Waals surface area contributed by atoms with Crippen LogP contribution in [0.1, 0.15) is 36.8 Å². The maximum absolute atomic E-state index is 13.5. The summed E-state index contributed by atoms with van der Waals surface area (Å²) < 4.78 is 0. The van der Waals surface area contributed by atoms with Crippen molar-refractivity contribution in [2.24, 2.45) is 0 Å². The first kappa shape index (κ1) is 22.7. The zero-order valence-electron chi connectivity index (χ0n) is 18.4. The van der Waals surface area contributed by atoms with Gasteiger partial charge >= 0.3 is 6.03 Å². The van der Waals surface area contributed by atoms with Gasteiger partial charge in [-0.1, -0.05) is 79.2 Å². The van der Waals surface area contributed by atoms with Crippen molar-refractivity contribution in [2.75, 3.05) is 4.90 Å². The second-order valence-electron chi connectivity index (χ2n) is 8.12. The van der Waals surface area contributed by atoms with Crippen molar-refractivity contribution >= 4 is 35.1 Å². The van der Waals surface area contributed by atoms with E-state index in [0.717, 1.165) is 27.3 Å². The molecule has 3 aromatic rings. The van der Waals surface area contributed by atoms with Gasteiger partial charge in [-0.25, -0.2) is 9.69 Å². The number of amides is 4. The molecule has 4 rings (SSSR count). The topological polar surface area (TPSA) is 57.7 Å². The number of benzene rings is 3. The van der Waals surface area contributed by atoms with Crippen molar-refractivity contribution < 1.29 is 14.4 Å². The van der Waals surface area contributed by atoms with Crippen LogP contribution in [0.2, 0.25) is 5.02 Å². The van der Waals surface area contributed by atoms with Crippen molar-refractivity contribution in [3.8, 4) is 0 Å². The highest BCUT2D eigenvalue weighted by Crippen LogP contribution is 2.31. The maximum Gasteiger partial charge on any atom is 0.338 e. The van der Waals surface area contributed by atoms with E-state index in [-0.39, 0.29) is 30.6 Å². The zero-order chi connectivity index (χ0) is 23.4. The molecule has 1 fully saturated rings. The first-order chi connectivity index (χ1) is 16.0. The summed E-state index contributed by atoms with van der Waals surface area (Å²) in [6.45, 7) is 2.00. The molecular formula is C27H25ClN2O3. The number of imide groups is 2. The number of hydrogen-bond donors (Lipinski definition) is 0. The highest BCUT2D eigenvalue weighted by molar-refractivity contribution is 6.30. The molecule has 6 heteroatoms. The van der Waals surface area contributed by atoms with Crippen LogP contribution in [0.4, 0.5) is 10.5 Å². The number of anilines is 1. The van der Waals surface area contributed by atoms with Crippen LogP contribution in [0, 0.1) is 0 Å². The lowest BCUT2D eigenvalue weighted by Crippen LogP contribution is -2.42. The summed E-state index contributed by atoms with van der Waals surface area (Å²) in [6, 6.07) is 24.1. The fourth-order valence-corrected chi connectivity index (χ4v) is 4.37. The van der Waals surface area contributed by atoms with E-state index >= 15 is 0 Å². The molecule has 0 aromatic heterocycles. The molecule has 2 atom stereocenters. The summed E-state index contributed by atoms with van der Waals surface area (Å²) in [7, 11) is 0. The molecule has 0 radical (unpaired) electrons. The summed E-state index contributed by atoms with van der Waals surface area (Å²) in [4.78, 5) is 42.6. The van der Waals surface area contributed by atoms with E-state index in [1.165, 1.54) is 0 Å². The molecule has 1 aliphatic heterocycles. The first-order valence-corrected chi connectivity index (χ1v) is 11.4. The fourth-order valence-electron chi connectivity index (χ4n) is 4.25. The number of para-hydroxylation sites is 1. The van der Waals surface area contributed by atoms with E-state index < -0.39 is 12.1 Å². The summed E-state index contributed by atoms with van der Waals surface area (Å²) in [6.07, 6.45) is 1.12. The summed E-state index contributed by atoms with van der Waals surface area (Å²) in [5.41, 5.74) is 2.33. The number of nitrogens with zero attached hydrogens (tertiary/aromatic N) is 2.